The normalized spacial score (nSPS) is 11.7. The van der Waals surface area contributed by atoms with E-state index < -0.39 is 0 Å². The highest BCUT2D eigenvalue weighted by molar-refractivity contribution is 9.10. The zero-order valence-corrected chi connectivity index (χ0v) is 15.1. The van der Waals surface area contributed by atoms with Crippen molar-refractivity contribution < 1.29 is 0 Å². The van der Waals surface area contributed by atoms with E-state index in [4.69, 9.17) is 11.6 Å². The monoisotopic (exact) mass is 371 g/mol. The Kier molecular flexibility index (Phi) is 6.49. The Labute approximate surface area is 140 Å². The molecule has 0 saturated carbocycles. The number of nitrogens with zero attached hydrogens (tertiary/aromatic N) is 3. The van der Waals surface area contributed by atoms with E-state index >= 15 is 0 Å². The number of unbranched alkanes of at least 4 members (excludes halogenated alkanes) is 3. The lowest BCUT2D eigenvalue weighted by atomic mass is 10.0. The van der Waals surface area contributed by atoms with E-state index in [1.807, 2.05) is 12.3 Å². The summed E-state index contributed by atoms with van der Waals surface area (Å²) in [5, 5.41) is 0. The molecule has 0 aliphatic carbocycles. The molecule has 0 fully saturated rings. The first kappa shape index (κ1) is 16.8. The van der Waals surface area contributed by atoms with Gasteiger partial charge in [0.25, 0.3) is 0 Å². The van der Waals surface area contributed by atoms with Crippen LogP contribution < -0.4 is 0 Å². The van der Waals surface area contributed by atoms with Gasteiger partial charge in [-0.25, -0.2) is 9.97 Å². The zero-order chi connectivity index (χ0) is 15.2. The van der Waals surface area contributed by atoms with Gasteiger partial charge in [-0.3, -0.25) is 0 Å². The van der Waals surface area contributed by atoms with Crippen LogP contribution in [-0.2, 0) is 12.4 Å². The molecule has 0 spiro atoms. The Morgan fingerprint density at radius 3 is 2.71 bits per heavy atom. The number of hydrogen-bond donors (Lipinski definition) is 0. The fraction of sp³-hybridized carbons (Fsp3) is 0.625. The Bertz CT molecular complexity index is 580. The molecule has 3 nitrogen and oxygen atoms in total. The number of hydrogen-bond acceptors (Lipinski definition) is 2. The second kappa shape index (κ2) is 8.14. The van der Waals surface area contributed by atoms with Crippen LogP contribution in [0.3, 0.4) is 0 Å². The predicted molar refractivity (Wildman–Crippen MR) is 92.7 cm³/mol. The molecule has 0 aliphatic rings. The third-order valence-electron chi connectivity index (χ3n) is 3.66. The smallest absolute Gasteiger partial charge is 0.160 e. The van der Waals surface area contributed by atoms with E-state index in [0.717, 1.165) is 40.3 Å². The highest BCUT2D eigenvalue weighted by Crippen LogP contribution is 2.20. The number of imidazole rings is 1. The summed E-state index contributed by atoms with van der Waals surface area (Å²) < 4.78 is 3.12. The molecule has 2 heterocycles. The summed E-state index contributed by atoms with van der Waals surface area (Å²) in [6.07, 6.45) is 8.20. The van der Waals surface area contributed by atoms with E-state index in [-0.39, 0.29) is 0 Å². The van der Waals surface area contributed by atoms with Gasteiger partial charge >= 0.3 is 0 Å². The van der Waals surface area contributed by atoms with Crippen molar-refractivity contribution in [1.29, 1.82) is 0 Å². The molecule has 5 heteroatoms. The molecule has 21 heavy (non-hydrogen) atoms. The molecule has 0 amide bonds. The van der Waals surface area contributed by atoms with E-state index in [2.05, 4.69) is 44.3 Å². The first-order valence-corrected chi connectivity index (χ1v) is 9.01. The van der Waals surface area contributed by atoms with Crippen LogP contribution >= 0.6 is 27.5 Å². The van der Waals surface area contributed by atoms with Crippen LogP contribution in [-0.4, -0.2) is 14.5 Å². The van der Waals surface area contributed by atoms with Crippen molar-refractivity contribution >= 4 is 38.7 Å². The highest BCUT2D eigenvalue weighted by atomic mass is 79.9. The van der Waals surface area contributed by atoms with Crippen LogP contribution in [0, 0.1) is 5.92 Å². The number of fused-ring (bicyclic) bond motifs is 1. The van der Waals surface area contributed by atoms with Gasteiger partial charge in [-0.15, -0.1) is 11.6 Å². The fourth-order valence-electron chi connectivity index (χ4n) is 2.55. The zero-order valence-electron chi connectivity index (χ0n) is 12.8. The van der Waals surface area contributed by atoms with Gasteiger partial charge < -0.3 is 4.57 Å². The minimum Gasteiger partial charge on any atom is -0.312 e. The SMILES string of the molecule is CC(C)CCCCCCn1c(CCl)nc2cc(Br)cnc21. The number of pyridine rings is 1. The van der Waals surface area contributed by atoms with Gasteiger partial charge in [0.15, 0.2) is 5.65 Å². The maximum Gasteiger partial charge on any atom is 0.160 e. The van der Waals surface area contributed by atoms with Gasteiger partial charge in [0.1, 0.15) is 11.3 Å². The molecule has 2 rings (SSSR count). The minimum atomic E-state index is 0.432. The topological polar surface area (TPSA) is 30.7 Å². The number of aromatic nitrogens is 3. The van der Waals surface area contributed by atoms with Crippen molar-refractivity contribution in [1.82, 2.24) is 14.5 Å². The third-order valence-corrected chi connectivity index (χ3v) is 4.34. The average Bonchev–Trinajstić information content (AvgIpc) is 2.79. The maximum absolute atomic E-state index is 6.02. The molecule has 116 valence electrons. The first-order valence-electron chi connectivity index (χ1n) is 7.68. The van der Waals surface area contributed by atoms with Gasteiger partial charge in [0.2, 0.25) is 0 Å². The lowest BCUT2D eigenvalue weighted by Gasteiger charge is -2.08. The summed E-state index contributed by atoms with van der Waals surface area (Å²) in [6, 6.07) is 2.00. The predicted octanol–water partition coefficient (Wildman–Crippen LogP) is 5.54. The van der Waals surface area contributed by atoms with Crippen LogP contribution in [0.2, 0.25) is 0 Å². The van der Waals surface area contributed by atoms with Gasteiger partial charge in [0.05, 0.1) is 5.88 Å². The van der Waals surface area contributed by atoms with Crippen molar-refractivity contribution in [2.45, 2.75) is 58.4 Å². The molecule has 2 aromatic rings. The quantitative estimate of drug-likeness (QED) is 0.450. The molecule has 0 radical (unpaired) electrons. The minimum absolute atomic E-state index is 0.432. The van der Waals surface area contributed by atoms with E-state index in [1.165, 1.54) is 25.7 Å². The highest BCUT2D eigenvalue weighted by Gasteiger charge is 2.11. The molecular formula is C16H23BrClN3. The summed E-state index contributed by atoms with van der Waals surface area (Å²) in [5.74, 6) is 2.16. The van der Waals surface area contributed by atoms with Crippen LogP contribution in [0.15, 0.2) is 16.7 Å². The first-order chi connectivity index (χ1) is 10.1. The molecule has 0 atom stereocenters. The molecule has 0 N–H and O–H groups in total. The maximum atomic E-state index is 6.02. The van der Waals surface area contributed by atoms with Crippen molar-refractivity contribution in [3.05, 3.63) is 22.6 Å². The molecule has 0 aliphatic heterocycles. The molecule has 0 saturated heterocycles. The van der Waals surface area contributed by atoms with Crippen molar-refractivity contribution in [3.8, 4) is 0 Å². The Balaban J connectivity index is 1.94. The summed E-state index contributed by atoms with van der Waals surface area (Å²) in [5.41, 5.74) is 1.86. The molecule has 0 unspecified atom stereocenters. The summed E-state index contributed by atoms with van der Waals surface area (Å²) in [4.78, 5) is 9.05. The number of halogens is 2. The lowest BCUT2D eigenvalue weighted by molar-refractivity contribution is 0.505. The largest absolute Gasteiger partial charge is 0.312 e. The second-order valence-corrected chi connectivity index (χ2v) is 7.09. The van der Waals surface area contributed by atoms with E-state index in [9.17, 15) is 0 Å². The standard InChI is InChI=1S/C16H23BrClN3/c1-12(2)7-5-3-4-6-8-21-15(10-18)20-14-9-13(17)11-19-16(14)21/h9,11-12H,3-8,10H2,1-2H3. The summed E-state index contributed by atoms with van der Waals surface area (Å²) in [7, 11) is 0. The second-order valence-electron chi connectivity index (χ2n) is 5.91. The van der Waals surface area contributed by atoms with E-state index in [0.29, 0.717) is 5.88 Å². The molecule has 0 aromatic carbocycles. The van der Waals surface area contributed by atoms with Gasteiger partial charge in [0, 0.05) is 17.2 Å². The van der Waals surface area contributed by atoms with Gasteiger partial charge in [-0.2, -0.15) is 0 Å². The Morgan fingerprint density at radius 1 is 1.24 bits per heavy atom. The Morgan fingerprint density at radius 2 is 2.00 bits per heavy atom. The van der Waals surface area contributed by atoms with Crippen LogP contribution in [0.25, 0.3) is 11.2 Å². The number of aryl methyl sites for hydroxylation is 1. The van der Waals surface area contributed by atoms with Crippen molar-refractivity contribution in [2.24, 2.45) is 5.92 Å². The van der Waals surface area contributed by atoms with Crippen molar-refractivity contribution in [2.75, 3.05) is 0 Å². The fourth-order valence-corrected chi connectivity index (χ4v) is 3.07. The van der Waals surface area contributed by atoms with Gasteiger partial charge in [-0.1, -0.05) is 39.5 Å². The summed E-state index contributed by atoms with van der Waals surface area (Å²) >= 11 is 9.45. The van der Waals surface area contributed by atoms with Crippen LogP contribution in [0.1, 0.15) is 51.8 Å². The van der Waals surface area contributed by atoms with Crippen LogP contribution in [0.5, 0.6) is 0 Å². The number of rotatable bonds is 8. The number of alkyl halides is 1. The van der Waals surface area contributed by atoms with Crippen LogP contribution in [0.4, 0.5) is 0 Å². The van der Waals surface area contributed by atoms with E-state index in [1.54, 1.807) is 0 Å². The average molecular weight is 373 g/mol. The van der Waals surface area contributed by atoms with Gasteiger partial charge in [-0.05, 0) is 34.3 Å². The molecule has 0 bridgehead atoms. The molecular weight excluding hydrogens is 350 g/mol. The third kappa shape index (κ3) is 4.68. The Hall–Kier alpha value is -0.610. The summed E-state index contributed by atoms with van der Waals surface area (Å²) in [6.45, 7) is 5.53. The molecule has 2 aromatic heterocycles. The van der Waals surface area contributed by atoms with Crippen molar-refractivity contribution in [3.63, 3.8) is 0 Å². The lowest BCUT2D eigenvalue weighted by Crippen LogP contribution is -2.03.